The summed E-state index contributed by atoms with van der Waals surface area (Å²) in [5, 5.41) is 2.83. The summed E-state index contributed by atoms with van der Waals surface area (Å²) in [5.41, 5.74) is -1.64. The number of hydrogen-bond donors (Lipinski definition) is 1. The Hall–Kier alpha value is -1.10. The van der Waals surface area contributed by atoms with Crippen LogP contribution in [0.3, 0.4) is 0 Å². The standard InChI is InChI=1S/C13H24N2O3/c1-7-13(5)11(17)15(8-9(2)18-6)12(3,4)10(16)14-13/h9H,7-8H2,1-6H3,(H,14,16). The first kappa shape index (κ1) is 15.0. The molecule has 0 saturated carbocycles. The molecule has 5 heteroatoms. The molecule has 1 rings (SSSR count). The Labute approximate surface area is 109 Å². The second kappa shape index (κ2) is 4.88. The lowest BCUT2D eigenvalue weighted by atomic mass is 9.86. The predicted molar refractivity (Wildman–Crippen MR) is 69.1 cm³/mol. The third-order valence-electron chi connectivity index (χ3n) is 3.89. The van der Waals surface area contributed by atoms with E-state index in [-0.39, 0.29) is 17.9 Å². The van der Waals surface area contributed by atoms with Crippen molar-refractivity contribution in [3.05, 3.63) is 0 Å². The van der Waals surface area contributed by atoms with E-state index in [1.165, 1.54) is 0 Å². The first-order valence-corrected chi connectivity index (χ1v) is 6.36. The lowest BCUT2D eigenvalue weighted by molar-refractivity contribution is -0.162. The second-order valence-corrected chi connectivity index (χ2v) is 5.66. The lowest BCUT2D eigenvalue weighted by Crippen LogP contribution is -2.73. The monoisotopic (exact) mass is 256 g/mol. The van der Waals surface area contributed by atoms with Crippen LogP contribution in [-0.2, 0) is 14.3 Å². The summed E-state index contributed by atoms with van der Waals surface area (Å²) in [6.45, 7) is 9.50. The van der Waals surface area contributed by atoms with Crippen LogP contribution in [0.4, 0.5) is 0 Å². The molecule has 0 spiro atoms. The number of amides is 2. The van der Waals surface area contributed by atoms with Crippen molar-refractivity contribution in [2.24, 2.45) is 0 Å². The van der Waals surface area contributed by atoms with Gasteiger partial charge in [-0.1, -0.05) is 6.92 Å². The Bertz CT molecular complexity index is 354. The summed E-state index contributed by atoms with van der Waals surface area (Å²) < 4.78 is 5.21. The van der Waals surface area contributed by atoms with Gasteiger partial charge in [-0.15, -0.1) is 0 Å². The zero-order valence-corrected chi connectivity index (χ0v) is 12.2. The minimum absolute atomic E-state index is 0.0431. The van der Waals surface area contributed by atoms with E-state index in [1.54, 1.807) is 32.8 Å². The van der Waals surface area contributed by atoms with Crippen LogP contribution in [0.15, 0.2) is 0 Å². The van der Waals surface area contributed by atoms with Crippen LogP contribution in [0, 0.1) is 0 Å². The van der Waals surface area contributed by atoms with Gasteiger partial charge in [0.2, 0.25) is 11.8 Å². The fourth-order valence-corrected chi connectivity index (χ4v) is 2.01. The number of nitrogens with one attached hydrogen (secondary N) is 1. The summed E-state index contributed by atoms with van der Waals surface area (Å²) in [6, 6.07) is 0. The molecule has 5 nitrogen and oxygen atoms in total. The van der Waals surface area contributed by atoms with Crippen molar-refractivity contribution in [1.29, 1.82) is 0 Å². The van der Waals surface area contributed by atoms with Crippen molar-refractivity contribution in [1.82, 2.24) is 10.2 Å². The van der Waals surface area contributed by atoms with Crippen LogP contribution in [0.1, 0.15) is 41.0 Å². The van der Waals surface area contributed by atoms with Crippen LogP contribution in [0.5, 0.6) is 0 Å². The molecule has 0 radical (unpaired) electrons. The van der Waals surface area contributed by atoms with Crippen molar-refractivity contribution in [2.75, 3.05) is 13.7 Å². The molecular weight excluding hydrogens is 232 g/mol. The first-order valence-electron chi connectivity index (χ1n) is 6.36. The molecule has 2 unspecified atom stereocenters. The van der Waals surface area contributed by atoms with E-state index in [4.69, 9.17) is 4.74 Å². The van der Waals surface area contributed by atoms with E-state index in [0.29, 0.717) is 13.0 Å². The quantitative estimate of drug-likeness (QED) is 0.814. The van der Waals surface area contributed by atoms with Crippen LogP contribution >= 0.6 is 0 Å². The van der Waals surface area contributed by atoms with E-state index < -0.39 is 11.1 Å². The molecule has 1 heterocycles. The molecule has 1 fully saturated rings. The molecule has 0 aromatic rings. The third kappa shape index (κ3) is 2.36. The number of ether oxygens (including phenoxy) is 1. The van der Waals surface area contributed by atoms with E-state index in [2.05, 4.69) is 5.32 Å². The van der Waals surface area contributed by atoms with Crippen molar-refractivity contribution in [3.63, 3.8) is 0 Å². The van der Waals surface area contributed by atoms with Gasteiger partial charge in [0.05, 0.1) is 6.10 Å². The summed E-state index contributed by atoms with van der Waals surface area (Å²) in [6.07, 6.45) is 0.478. The summed E-state index contributed by atoms with van der Waals surface area (Å²) in [4.78, 5) is 26.3. The Kier molecular flexibility index (Phi) is 4.05. The highest BCUT2D eigenvalue weighted by atomic mass is 16.5. The van der Waals surface area contributed by atoms with E-state index in [0.717, 1.165) is 0 Å². The fourth-order valence-electron chi connectivity index (χ4n) is 2.01. The van der Waals surface area contributed by atoms with Gasteiger partial charge in [-0.2, -0.15) is 0 Å². The molecular formula is C13H24N2O3. The zero-order valence-electron chi connectivity index (χ0n) is 12.2. The topological polar surface area (TPSA) is 58.6 Å². The van der Waals surface area contributed by atoms with Crippen molar-refractivity contribution in [2.45, 2.75) is 58.2 Å². The molecule has 1 aliphatic rings. The number of piperazine rings is 1. The van der Waals surface area contributed by atoms with E-state index in [1.807, 2.05) is 13.8 Å². The van der Waals surface area contributed by atoms with Gasteiger partial charge < -0.3 is 15.0 Å². The first-order chi connectivity index (χ1) is 8.19. The molecule has 18 heavy (non-hydrogen) atoms. The molecule has 0 aromatic heterocycles. The summed E-state index contributed by atoms with van der Waals surface area (Å²) in [7, 11) is 1.60. The summed E-state index contributed by atoms with van der Waals surface area (Å²) in [5.74, 6) is -0.159. The van der Waals surface area contributed by atoms with Crippen molar-refractivity contribution in [3.8, 4) is 0 Å². The van der Waals surface area contributed by atoms with Crippen molar-refractivity contribution >= 4 is 11.8 Å². The number of nitrogens with zero attached hydrogens (tertiary/aromatic N) is 1. The number of rotatable bonds is 4. The molecule has 0 bridgehead atoms. The van der Waals surface area contributed by atoms with Gasteiger partial charge in [-0.05, 0) is 34.1 Å². The molecule has 0 aliphatic carbocycles. The number of carbonyl (C=O) groups excluding carboxylic acids is 2. The van der Waals surface area contributed by atoms with E-state index in [9.17, 15) is 9.59 Å². The smallest absolute Gasteiger partial charge is 0.248 e. The normalized spacial score (nSPS) is 29.1. The Morgan fingerprint density at radius 2 is 1.89 bits per heavy atom. The Balaban J connectivity index is 3.07. The van der Waals surface area contributed by atoms with Gasteiger partial charge in [0.1, 0.15) is 11.1 Å². The van der Waals surface area contributed by atoms with Gasteiger partial charge in [0, 0.05) is 13.7 Å². The average Bonchev–Trinajstić information content (AvgIpc) is 2.32. The number of methoxy groups -OCH3 is 1. The number of hydrogen-bond acceptors (Lipinski definition) is 3. The molecule has 0 aromatic carbocycles. The zero-order chi connectivity index (χ0) is 14.1. The van der Waals surface area contributed by atoms with Gasteiger partial charge in [-0.25, -0.2) is 0 Å². The van der Waals surface area contributed by atoms with Gasteiger partial charge >= 0.3 is 0 Å². The van der Waals surface area contributed by atoms with Crippen LogP contribution < -0.4 is 5.32 Å². The Morgan fingerprint density at radius 3 is 2.33 bits per heavy atom. The van der Waals surface area contributed by atoms with Crippen LogP contribution in [0.2, 0.25) is 0 Å². The summed E-state index contributed by atoms with van der Waals surface area (Å²) >= 11 is 0. The largest absolute Gasteiger partial charge is 0.380 e. The maximum Gasteiger partial charge on any atom is 0.248 e. The SMILES string of the molecule is CCC1(C)NC(=O)C(C)(C)N(CC(C)OC)C1=O. The molecule has 2 atom stereocenters. The minimum Gasteiger partial charge on any atom is -0.380 e. The highest BCUT2D eigenvalue weighted by molar-refractivity contribution is 6.01. The minimum atomic E-state index is -0.835. The van der Waals surface area contributed by atoms with Gasteiger partial charge in [0.25, 0.3) is 0 Å². The highest BCUT2D eigenvalue weighted by Gasteiger charge is 2.51. The fraction of sp³-hybridized carbons (Fsp3) is 0.846. The van der Waals surface area contributed by atoms with E-state index >= 15 is 0 Å². The maximum atomic E-state index is 12.5. The average molecular weight is 256 g/mol. The van der Waals surface area contributed by atoms with Crippen LogP contribution in [-0.4, -0.2) is 47.6 Å². The molecule has 1 saturated heterocycles. The second-order valence-electron chi connectivity index (χ2n) is 5.66. The highest BCUT2D eigenvalue weighted by Crippen LogP contribution is 2.28. The maximum absolute atomic E-state index is 12.5. The predicted octanol–water partition coefficient (Wildman–Crippen LogP) is 0.927. The van der Waals surface area contributed by atoms with Crippen LogP contribution in [0.25, 0.3) is 0 Å². The van der Waals surface area contributed by atoms with Gasteiger partial charge in [0.15, 0.2) is 0 Å². The number of carbonyl (C=O) groups is 2. The molecule has 1 aliphatic heterocycles. The third-order valence-corrected chi connectivity index (χ3v) is 3.89. The molecule has 104 valence electrons. The molecule has 1 N–H and O–H groups in total. The lowest BCUT2D eigenvalue weighted by Gasteiger charge is -2.49. The van der Waals surface area contributed by atoms with Crippen molar-refractivity contribution < 1.29 is 14.3 Å². The molecule has 2 amide bonds. The van der Waals surface area contributed by atoms with Gasteiger partial charge in [-0.3, -0.25) is 9.59 Å². The Morgan fingerprint density at radius 1 is 1.33 bits per heavy atom.